The van der Waals surface area contributed by atoms with Crippen LogP contribution >= 0.6 is 0 Å². The molecule has 0 spiro atoms. The maximum Gasteiger partial charge on any atom is 0.241 e. The minimum Gasteiger partial charge on any atom is -0.380 e. The van der Waals surface area contributed by atoms with Gasteiger partial charge in [-0.3, -0.25) is 4.79 Å². The number of nitrogens with one attached hydrogen (secondary N) is 1. The maximum absolute atomic E-state index is 12.6. The van der Waals surface area contributed by atoms with Gasteiger partial charge in [0.15, 0.2) is 0 Å². The van der Waals surface area contributed by atoms with Crippen LogP contribution in [0.15, 0.2) is 0 Å². The summed E-state index contributed by atoms with van der Waals surface area (Å²) in [5, 5.41) is 3.04. The molecule has 19 heavy (non-hydrogen) atoms. The van der Waals surface area contributed by atoms with E-state index in [1.54, 1.807) is 0 Å². The quantitative estimate of drug-likeness (QED) is 0.771. The standard InChI is InChI=1S/C14H24N2O3/c1-12(2)10-9(4-5-19-10)14(12,15)11(17)16-6-13(3)7-18-8-13/h9-10H,4-8,15H2,1-3H3,(H,16,17). The van der Waals surface area contributed by atoms with Crippen LogP contribution in [0.2, 0.25) is 0 Å². The summed E-state index contributed by atoms with van der Waals surface area (Å²) in [4.78, 5) is 12.6. The van der Waals surface area contributed by atoms with E-state index >= 15 is 0 Å². The predicted octanol–water partition coefficient (Wildman–Crippen LogP) is 0.282. The zero-order chi connectivity index (χ0) is 13.9. The van der Waals surface area contributed by atoms with Crippen molar-refractivity contribution in [2.75, 3.05) is 26.4 Å². The summed E-state index contributed by atoms with van der Waals surface area (Å²) in [7, 11) is 0. The van der Waals surface area contributed by atoms with Gasteiger partial charge in [-0.25, -0.2) is 0 Å². The number of amides is 1. The first-order valence-corrected chi connectivity index (χ1v) is 7.08. The van der Waals surface area contributed by atoms with Crippen molar-refractivity contribution in [3.63, 3.8) is 0 Å². The van der Waals surface area contributed by atoms with Gasteiger partial charge in [0.25, 0.3) is 0 Å². The fraction of sp³-hybridized carbons (Fsp3) is 0.929. The molecule has 3 aliphatic rings. The Hall–Kier alpha value is -0.650. The number of nitrogens with two attached hydrogens (primary N) is 1. The lowest BCUT2D eigenvalue weighted by Crippen LogP contribution is -2.80. The van der Waals surface area contributed by atoms with Crippen LogP contribution in [0.3, 0.4) is 0 Å². The Kier molecular flexibility index (Phi) is 2.76. The number of hydrogen-bond donors (Lipinski definition) is 2. The Bertz CT molecular complexity index is 405. The molecule has 2 saturated heterocycles. The minimum absolute atomic E-state index is 0.0302. The van der Waals surface area contributed by atoms with E-state index in [1.165, 1.54) is 0 Å². The van der Waals surface area contributed by atoms with Crippen LogP contribution < -0.4 is 11.1 Å². The summed E-state index contributed by atoms with van der Waals surface area (Å²) in [6.45, 7) is 8.97. The number of hydrogen-bond acceptors (Lipinski definition) is 4. The molecular weight excluding hydrogens is 244 g/mol. The van der Waals surface area contributed by atoms with E-state index in [-0.39, 0.29) is 28.8 Å². The molecule has 0 aromatic carbocycles. The number of ether oxygens (including phenoxy) is 2. The van der Waals surface area contributed by atoms with E-state index in [0.29, 0.717) is 19.8 Å². The van der Waals surface area contributed by atoms with Gasteiger partial charge in [-0.1, -0.05) is 20.8 Å². The highest BCUT2D eigenvalue weighted by atomic mass is 16.5. The van der Waals surface area contributed by atoms with Gasteiger partial charge >= 0.3 is 0 Å². The van der Waals surface area contributed by atoms with Crippen LogP contribution in [-0.4, -0.2) is 43.9 Å². The van der Waals surface area contributed by atoms with Gasteiger partial charge < -0.3 is 20.5 Å². The Morgan fingerprint density at radius 2 is 2.05 bits per heavy atom. The van der Waals surface area contributed by atoms with Crippen LogP contribution in [0.1, 0.15) is 27.2 Å². The molecule has 3 unspecified atom stereocenters. The molecule has 3 fully saturated rings. The highest BCUT2D eigenvalue weighted by Gasteiger charge is 2.71. The highest BCUT2D eigenvalue weighted by Crippen LogP contribution is 2.58. The molecule has 0 radical (unpaired) electrons. The molecule has 2 aliphatic heterocycles. The Morgan fingerprint density at radius 3 is 2.63 bits per heavy atom. The monoisotopic (exact) mass is 268 g/mol. The van der Waals surface area contributed by atoms with Crippen molar-refractivity contribution in [2.24, 2.45) is 22.5 Å². The predicted molar refractivity (Wildman–Crippen MR) is 70.5 cm³/mol. The molecule has 3 atom stereocenters. The third kappa shape index (κ3) is 1.61. The lowest BCUT2D eigenvalue weighted by atomic mass is 9.48. The average Bonchev–Trinajstić information content (AvgIpc) is 2.80. The first kappa shape index (κ1) is 13.3. The van der Waals surface area contributed by atoms with Crippen LogP contribution in [0.25, 0.3) is 0 Å². The SMILES string of the molecule is CC1(CNC(=O)C2(N)C3CCOC3C2(C)C)COC1. The molecule has 0 aromatic heterocycles. The zero-order valence-electron chi connectivity index (χ0n) is 12.0. The topological polar surface area (TPSA) is 73.6 Å². The fourth-order valence-electron chi connectivity index (χ4n) is 3.84. The van der Waals surface area contributed by atoms with Crippen molar-refractivity contribution in [1.82, 2.24) is 5.32 Å². The number of carbonyl (C=O) groups is 1. The van der Waals surface area contributed by atoms with Crippen molar-refractivity contribution >= 4 is 5.91 Å². The van der Waals surface area contributed by atoms with Crippen LogP contribution in [0.4, 0.5) is 0 Å². The molecule has 0 bridgehead atoms. The lowest BCUT2D eigenvalue weighted by Gasteiger charge is -2.60. The lowest BCUT2D eigenvalue weighted by molar-refractivity contribution is -0.177. The first-order chi connectivity index (χ1) is 8.81. The molecular formula is C14H24N2O3. The second-order valence-electron chi connectivity index (χ2n) is 7.26. The number of fused-ring (bicyclic) bond motifs is 1. The van der Waals surface area contributed by atoms with Crippen LogP contribution in [0.5, 0.6) is 0 Å². The van der Waals surface area contributed by atoms with Crippen molar-refractivity contribution < 1.29 is 14.3 Å². The van der Waals surface area contributed by atoms with Crippen molar-refractivity contribution in [3.8, 4) is 0 Å². The summed E-state index contributed by atoms with van der Waals surface area (Å²) < 4.78 is 10.9. The molecule has 1 saturated carbocycles. The van der Waals surface area contributed by atoms with Crippen molar-refractivity contribution in [2.45, 2.75) is 38.8 Å². The van der Waals surface area contributed by atoms with Gasteiger partial charge in [-0.2, -0.15) is 0 Å². The van der Waals surface area contributed by atoms with E-state index < -0.39 is 5.54 Å². The first-order valence-electron chi connectivity index (χ1n) is 7.08. The molecule has 2 heterocycles. The molecule has 1 aliphatic carbocycles. The van der Waals surface area contributed by atoms with Gasteiger partial charge in [-0.05, 0) is 6.42 Å². The molecule has 108 valence electrons. The van der Waals surface area contributed by atoms with Gasteiger partial charge in [0, 0.05) is 29.9 Å². The smallest absolute Gasteiger partial charge is 0.241 e. The second kappa shape index (κ2) is 3.93. The molecule has 3 N–H and O–H groups in total. The van der Waals surface area contributed by atoms with E-state index in [2.05, 4.69) is 12.2 Å². The fourth-order valence-corrected chi connectivity index (χ4v) is 3.84. The van der Waals surface area contributed by atoms with Crippen molar-refractivity contribution in [3.05, 3.63) is 0 Å². The van der Waals surface area contributed by atoms with Gasteiger partial charge in [-0.15, -0.1) is 0 Å². The normalized spacial score (nSPS) is 41.9. The van der Waals surface area contributed by atoms with Gasteiger partial charge in [0.1, 0.15) is 5.54 Å². The summed E-state index contributed by atoms with van der Waals surface area (Å²) in [6, 6.07) is 0. The second-order valence-corrected chi connectivity index (χ2v) is 7.26. The maximum atomic E-state index is 12.6. The van der Waals surface area contributed by atoms with E-state index in [9.17, 15) is 4.79 Å². The van der Waals surface area contributed by atoms with E-state index in [0.717, 1.165) is 13.0 Å². The summed E-state index contributed by atoms with van der Waals surface area (Å²) in [5.74, 6) is 0.130. The molecule has 5 heteroatoms. The largest absolute Gasteiger partial charge is 0.380 e. The van der Waals surface area contributed by atoms with Gasteiger partial charge in [0.05, 0.1) is 19.3 Å². The van der Waals surface area contributed by atoms with Crippen LogP contribution in [0, 0.1) is 16.7 Å². The Balaban J connectivity index is 1.68. The molecule has 3 rings (SSSR count). The third-order valence-electron chi connectivity index (χ3n) is 5.41. The van der Waals surface area contributed by atoms with E-state index in [1.807, 2.05) is 13.8 Å². The Morgan fingerprint density at radius 1 is 1.37 bits per heavy atom. The third-order valence-corrected chi connectivity index (χ3v) is 5.41. The molecule has 5 nitrogen and oxygen atoms in total. The Labute approximate surface area is 114 Å². The summed E-state index contributed by atoms with van der Waals surface area (Å²) in [6.07, 6.45) is 1.02. The highest BCUT2D eigenvalue weighted by molar-refractivity contribution is 5.89. The van der Waals surface area contributed by atoms with Gasteiger partial charge in [0.2, 0.25) is 5.91 Å². The molecule has 1 amide bonds. The van der Waals surface area contributed by atoms with E-state index in [4.69, 9.17) is 15.2 Å². The zero-order valence-corrected chi connectivity index (χ0v) is 12.0. The van der Waals surface area contributed by atoms with Crippen LogP contribution in [-0.2, 0) is 14.3 Å². The average molecular weight is 268 g/mol. The van der Waals surface area contributed by atoms with Crippen molar-refractivity contribution in [1.29, 1.82) is 0 Å². The number of rotatable bonds is 3. The molecule has 0 aromatic rings. The summed E-state index contributed by atoms with van der Waals surface area (Å²) in [5.41, 5.74) is 5.46. The minimum atomic E-state index is -0.796. The summed E-state index contributed by atoms with van der Waals surface area (Å²) >= 11 is 0. The number of carbonyl (C=O) groups excluding carboxylic acids is 1.